The van der Waals surface area contributed by atoms with E-state index >= 15 is 0 Å². The molecule has 0 aromatic heterocycles. The van der Waals surface area contributed by atoms with Crippen molar-refractivity contribution in [2.45, 2.75) is 29.4 Å². The molecule has 2 aromatic rings. The monoisotopic (exact) mass is 484 g/mol. The Bertz CT molecular complexity index is 1230. The molecule has 1 unspecified atom stereocenters. The highest BCUT2D eigenvalue weighted by Crippen LogP contribution is 2.53. The maximum atomic E-state index is 13.5. The maximum absolute atomic E-state index is 13.5. The van der Waals surface area contributed by atoms with Crippen LogP contribution in [0.2, 0.25) is 15.1 Å². The Morgan fingerprint density at radius 2 is 1.63 bits per heavy atom. The molecule has 156 valence electrons. The van der Waals surface area contributed by atoms with Crippen molar-refractivity contribution < 1.29 is 22.7 Å². The van der Waals surface area contributed by atoms with E-state index in [1.165, 1.54) is 18.2 Å². The summed E-state index contributed by atoms with van der Waals surface area (Å²) in [7, 11) is -3.95. The van der Waals surface area contributed by atoms with Crippen molar-refractivity contribution >= 4 is 50.4 Å². The quantitative estimate of drug-likeness (QED) is 0.556. The van der Waals surface area contributed by atoms with E-state index in [2.05, 4.69) is 0 Å². The van der Waals surface area contributed by atoms with Gasteiger partial charge < -0.3 is 9.47 Å². The number of allylic oxidation sites excluding steroid dienone is 1. The SMILES string of the molecule is O=C1C2=C(CC(c3ccc(Cl)cc3Cl)CC23OCCO3)S(=O)(=O)c2ccc(Cl)cc21. The zero-order valence-corrected chi connectivity index (χ0v) is 18.5. The number of ether oxygens (including phenoxy) is 2. The van der Waals surface area contributed by atoms with Gasteiger partial charge in [-0.2, -0.15) is 0 Å². The van der Waals surface area contributed by atoms with Crippen LogP contribution >= 0.6 is 34.8 Å². The van der Waals surface area contributed by atoms with Gasteiger partial charge in [0.2, 0.25) is 9.84 Å². The van der Waals surface area contributed by atoms with E-state index in [0.717, 1.165) is 5.56 Å². The lowest BCUT2D eigenvalue weighted by Gasteiger charge is -2.41. The van der Waals surface area contributed by atoms with Crippen molar-refractivity contribution in [1.29, 1.82) is 0 Å². The molecule has 0 saturated carbocycles. The number of rotatable bonds is 1. The Hall–Kier alpha value is -1.41. The molecule has 9 heteroatoms. The number of carbonyl (C=O) groups excluding carboxylic acids is 1. The lowest BCUT2D eigenvalue weighted by atomic mass is 9.78. The van der Waals surface area contributed by atoms with Crippen LogP contribution in [-0.2, 0) is 19.3 Å². The number of ketones is 1. The normalized spacial score (nSPS) is 24.1. The average Bonchev–Trinajstić information content (AvgIpc) is 3.14. The number of benzene rings is 2. The first kappa shape index (κ1) is 20.5. The van der Waals surface area contributed by atoms with Gasteiger partial charge in [-0.15, -0.1) is 0 Å². The van der Waals surface area contributed by atoms with Crippen molar-refractivity contribution in [2.75, 3.05) is 13.2 Å². The van der Waals surface area contributed by atoms with E-state index in [-0.39, 0.29) is 57.9 Å². The van der Waals surface area contributed by atoms with Gasteiger partial charge in [0.1, 0.15) is 0 Å². The summed E-state index contributed by atoms with van der Waals surface area (Å²) >= 11 is 18.5. The molecule has 2 heterocycles. The Balaban J connectivity index is 1.73. The Morgan fingerprint density at radius 1 is 0.967 bits per heavy atom. The van der Waals surface area contributed by atoms with E-state index in [9.17, 15) is 13.2 Å². The van der Waals surface area contributed by atoms with Crippen LogP contribution in [0, 0.1) is 0 Å². The topological polar surface area (TPSA) is 69.7 Å². The highest BCUT2D eigenvalue weighted by molar-refractivity contribution is 7.95. The first-order valence-corrected chi connectivity index (χ1v) is 11.9. The molecule has 1 fully saturated rings. The van der Waals surface area contributed by atoms with E-state index in [1.54, 1.807) is 18.2 Å². The summed E-state index contributed by atoms with van der Waals surface area (Å²) in [5, 5.41) is 1.19. The fraction of sp³-hybridized carbons (Fsp3) is 0.286. The molecule has 0 radical (unpaired) electrons. The van der Waals surface area contributed by atoms with Gasteiger partial charge in [-0.05, 0) is 48.2 Å². The predicted molar refractivity (Wildman–Crippen MR) is 113 cm³/mol. The Morgan fingerprint density at radius 3 is 2.33 bits per heavy atom. The summed E-state index contributed by atoms with van der Waals surface area (Å²) in [6.07, 6.45) is 0.381. The summed E-state index contributed by atoms with van der Waals surface area (Å²) in [6.45, 7) is 0.515. The van der Waals surface area contributed by atoms with Gasteiger partial charge in [-0.3, -0.25) is 4.79 Å². The van der Waals surface area contributed by atoms with E-state index in [0.29, 0.717) is 10.0 Å². The number of hydrogen-bond donors (Lipinski definition) is 0. The van der Waals surface area contributed by atoms with Gasteiger partial charge in [0.05, 0.1) is 28.6 Å². The predicted octanol–water partition coefficient (Wildman–Crippen LogP) is 5.19. The van der Waals surface area contributed by atoms with Crippen LogP contribution < -0.4 is 0 Å². The Kier molecular flexibility index (Phi) is 4.82. The fourth-order valence-electron chi connectivity index (χ4n) is 4.53. The van der Waals surface area contributed by atoms with Crippen molar-refractivity contribution in [3.63, 3.8) is 0 Å². The lowest BCUT2D eigenvalue weighted by molar-refractivity contribution is -0.135. The summed E-state index contributed by atoms with van der Waals surface area (Å²) in [6, 6.07) is 9.30. The minimum Gasteiger partial charge on any atom is -0.343 e. The van der Waals surface area contributed by atoms with E-state index < -0.39 is 21.4 Å². The highest BCUT2D eigenvalue weighted by atomic mass is 35.5. The molecule has 0 bridgehead atoms. The number of halogens is 3. The zero-order chi connectivity index (χ0) is 21.3. The maximum Gasteiger partial charge on any atom is 0.204 e. The van der Waals surface area contributed by atoms with Crippen molar-refractivity contribution in [3.05, 3.63) is 73.1 Å². The average molecular weight is 486 g/mol. The molecule has 0 N–H and O–H groups in total. The molecule has 1 saturated heterocycles. The van der Waals surface area contributed by atoms with Crippen LogP contribution in [0.5, 0.6) is 0 Å². The fourth-order valence-corrected chi connectivity index (χ4v) is 7.16. The molecular weight excluding hydrogens is 471 g/mol. The third kappa shape index (κ3) is 2.97. The minimum atomic E-state index is -3.95. The smallest absolute Gasteiger partial charge is 0.204 e. The summed E-state index contributed by atoms with van der Waals surface area (Å²) < 4.78 is 38.9. The summed E-state index contributed by atoms with van der Waals surface area (Å²) in [5.74, 6) is -2.20. The molecular formula is C21H15Cl3O5S. The van der Waals surface area contributed by atoms with Gasteiger partial charge in [0.25, 0.3) is 0 Å². The molecule has 2 aromatic carbocycles. The first-order valence-electron chi connectivity index (χ1n) is 9.29. The van der Waals surface area contributed by atoms with Gasteiger partial charge in [0, 0.05) is 27.1 Å². The number of hydrogen-bond acceptors (Lipinski definition) is 5. The molecule has 5 rings (SSSR count). The number of carbonyl (C=O) groups is 1. The lowest BCUT2D eigenvalue weighted by Crippen LogP contribution is -2.45. The zero-order valence-electron chi connectivity index (χ0n) is 15.5. The summed E-state index contributed by atoms with van der Waals surface area (Å²) in [4.78, 5) is 13.4. The van der Waals surface area contributed by atoms with Crippen molar-refractivity contribution in [3.8, 4) is 0 Å². The van der Waals surface area contributed by atoms with Gasteiger partial charge >= 0.3 is 0 Å². The summed E-state index contributed by atoms with van der Waals surface area (Å²) in [5.41, 5.74) is 0.828. The molecule has 1 aliphatic carbocycles. The number of sulfone groups is 1. The van der Waals surface area contributed by atoms with E-state index in [4.69, 9.17) is 44.3 Å². The van der Waals surface area contributed by atoms with E-state index in [1.807, 2.05) is 0 Å². The van der Waals surface area contributed by atoms with Gasteiger partial charge in [0.15, 0.2) is 11.6 Å². The Labute approximate surface area is 188 Å². The number of Topliss-reactive ketones (excluding diaryl/α,β-unsaturated/α-hetero) is 1. The van der Waals surface area contributed by atoms with Crippen LogP contribution in [0.4, 0.5) is 0 Å². The molecule has 1 spiro atoms. The second kappa shape index (κ2) is 7.05. The van der Waals surface area contributed by atoms with Crippen LogP contribution in [0.1, 0.15) is 34.7 Å². The first-order chi connectivity index (χ1) is 14.2. The second-order valence-corrected chi connectivity index (χ2v) is 10.7. The molecule has 0 amide bonds. The minimum absolute atomic E-state index is 0.0199. The van der Waals surface area contributed by atoms with Crippen molar-refractivity contribution in [1.82, 2.24) is 0 Å². The second-order valence-electron chi connectivity index (χ2n) is 7.49. The van der Waals surface area contributed by atoms with Crippen LogP contribution in [0.15, 0.2) is 51.8 Å². The largest absolute Gasteiger partial charge is 0.343 e. The van der Waals surface area contributed by atoms with Crippen LogP contribution in [0.25, 0.3) is 0 Å². The standard InChI is InChI=1S/C21H15Cl3O5S/c22-12-2-4-17-15(8-12)20(25)19-18(30(17,26)27)7-11(10-21(19)28-5-6-29-21)14-3-1-13(23)9-16(14)24/h1-4,8-9,11H,5-7,10H2. The van der Waals surface area contributed by atoms with Crippen LogP contribution in [-0.4, -0.2) is 33.2 Å². The van der Waals surface area contributed by atoms with Crippen molar-refractivity contribution in [2.24, 2.45) is 0 Å². The molecule has 30 heavy (non-hydrogen) atoms. The molecule has 5 nitrogen and oxygen atoms in total. The third-order valence-corrected chi connectivity index (χ3v) is 8.54. The van der Waals surface area contributed by atoms with Crippen LogP contribution in [0.3, 0.4) is 0 Å². The molecule has 3 aliphatic rings. The third-order valence-electron chi connectivity index (χ3n) is 5.79. The molecule has 2 aliphatic heterocycles. The number of fused-ring (bicyclic) bond motifs is 2. The highest BCUT2D eigenvalue weighted by Gasteiger charge is 2.55. The molecule has 1 atom stereocenters. The van der Waals surface area contributed by atoms with Gasteiger partial charge in [-0.25, -0.2) is 8.42 Å². The van der Waals surface area contributed by atoms with Gasteiger partial charge in [-0.1, -0.05) is 40.9 Å².